The molecule has 1 aromatic heterocycles. The van der Waals surface area contributed by atoms with Crippen LogP contribution in [0.2, 0.25) is 0 Å². The van der Waals surface area contributed by atoms with Gasteiger partial charge in [0.15, 0.2) is 0 Å². The predicted molar refractivity (Wildman–Crippen MR) is 41.7 cm³/mol. The van der Waals surface area contributed by atoms with E-state index in [1.54, 1.807) is 0 Å². The molecule has 0 amide bonds. The molecule has 0 saturated carbocycles. The number of hydrogen-bond donors (Lipinski definition) is 0. The highest BCUT2D eigenvalue weighted by atomic mass is 14.7. The minimum absolute atomic E-state index is 1.06. The fourth-order valence-corrected chi connectivity index (χ4v) is 1.22. The quantitative estimate of drug-likeness (QED) is 0.524. The average Bonchev–Trinajstić information content (AvgIpc) is 2.33. The average molecular weight is 131 g/mol. The third-order valence-electron chi connectivity index (χ3n) is 1.77. The molecule has 0 N–H and O–H groups in total. The van der Waals surface area contributed by atoms with Gasteiger partial charge in [0.2, 0.25) is 0 Å². The monoisotopic (exact) mass is 131 g/mol. The Morgan fingerprint density at radius 1 is 1.40 bits per heavy atom. The SMILES string of the molecule is Cc1ccc2c(n1)C=CC2. The van der Waals surface area contributed by atoms with Crippen LogP contribution in [-0.2, 0) is 6.42 Å². The molecule has 2 rings (SSSR count). The summed E-state index contributed by atoms with van der Waals surface area (Å²) in [6, 6.07) is 4.21. The second kappa shape index (κ2) is 1.94. The van der Waals surface area contributed by atoms with E-state index in [-0.39, 0.29) is 0 Å². The first-order chi connectivity index (χ1) is 4.86. The lowest BCUT2D eigenvalue weighted by Crippen LogP contribution is -1.87. The fourth-order valence-electron chi connectivity index (χ4n) is 1.22. The number of rotatable bonds is 0. The van der Waals surface area contributed by atoms with Gasteiger partial charge >= 0.3 is 0 Å². The Hall–Kier alpha value is -1.11. The van der Waals surface area contributed by atoms with Crippen LogP contribution in [0.1, 0.15) is 17.0 Å². The van der Waals surface area contributed by atoms with Gasteiger partial charge in [-0.3, -0.25) is 4.98 Å². The summed E-state index contributed by atoms with van der Waals surface area (Å²) in [6.45, 7) is 2.02. The number of fused-ring (bicyclic) bond motifs is 1. The van der Waals surface area contributed by atoms with E-state index in [0.717, 1.165) is 17.8 Å². The van der Waals surface area contributed by atoms with Crippen LogP contribution in [-0.4, -0.2) is 4.98 Å². The molecule has 1 heteroatoms. The molecule has 10 heavy (non-hydrogen) atoms. The Labute approximate surface area is 60.4 Å². The van der Waals surface area contributed by atoms with Gasteiger partial charge in [0.25, 0.3) is 0 Å². The van der Waals surface area contributed by atoms with Crippen molar-refractivity contribution in [1.29, 1.82) is 0 Å². The van der Waals surface area contributed by atoms with Crippen molar-refractivity contribution in [1.82, 2.24) is 4.98 Å². The smallest absolute Gasteiger partial charge is 0.0664 e. The van der Waals surface area contributed by atoms with Gasteiger partial charge in [-0.1, -0.05) is 12.1 Å². The van der Waals surface area contributed by atoms with Gasteiger partial charge in [-0.15, -0.1) is 0 Å². The number of hydrogen-bond acceptors (Lipinski definition) is 1. The zero-order valence-corrected chi connectivity index (χ0v) is 5.96. The van der Waals surface area contributed by atoms with Crippen LogP contribution in [0.15, 0.2) is 18.2 Å². The van der Waals surface area contributed by atoms with Crippen molar-refractivity contribution in [2.45, 2.75) is 13.3 Å². The van der Waals surface area contributed by atoms with E-state index >= 15 is 0 Å². The number of pyridine rings is 1. The van der Waals surface area contributed by atoms with Crippen molar-refractivity contribution < 1.29 is 0 Å². The summed E-state index contributed by atoms with van der Waals surface area (Å²) >= 11 is 0. The van der Waals surface area contributed by atoms with Crippen molar-refractivity contribution in [2.75, 3.05) is 0 Å². The Balaban J connectivity index is 2.60. The van der Waals surface area contributed by atoms with Gasteiger partial charge in [-0.2, -0.15) is 0 Å². The molecule has 0 bridgehead atoms. The highest BCUT2D eigenvalue weighted by molar-refractivity contribution is 5.55. The molecule has 1 aliphatic carbocycles. The van der Waals surface area contributed by atoms with Crippen LogP contribution < -0.4 is 0 Å². The third kappa shape index (κ3) is 0.747. The normalized spacial score (nSPS) is 13.7. The van der Waals surface area contributed by atoms with Crippen LogP contribution >= 0.6 is 0 Å². The van der Waals surface area contributed by atoms with E-state index in [0.29, 0.717) is 0 Å². The summed E-state index contributed by atoms with van der Waals surface area (Å²) in [5.74, 6) is 0. The maximum Gasteiger partial charge on any atom is 0.0664 e. The third-order valence-corrected chi connectivity index (χ3v) is 1.77. The first-order valence-corrected chi connectivity index (χ1v) is 3.49. The van der Waals surface area contributed by atoms with Crippen molar-refractivity contribution in [2.24, 2.45) is 0 Å². The summed E-state index contributed by atoms with van der Waals surface area (Å²) in [5, 5.41) is 0. The van der Waals surface area contributed by atoms with Crippen LogP contribution in [0.25, 0.3) is 6.08 Å². The summed E-state index contributed by atoms with van der Waals surface area (Å²) in [4.78, 5) is 4.37. The van der Waals surface area contributed by atoms with Crippen molar-refractivity contribution in [3.8, 4) is 0 Å². The van der Waals surface area contributed by atoms with Crippen molar-refractivity contribution in [3.63, 3.8) is 0 Å². The Morgan fingerprint density at radius 2 is 2.30 bits per heavy atom. The first-order valence-electron chi connectivity index (χ1n) is 3.49. The zero-order valence-electron chi connectivity index (χ0n) is 5.96. The largest absolute Gasteiger partial charge is 0.253 e. The van der Waals surface area contributed by atoms with E-state index in [9.17, 15) is 0 Å². The van der Waals surface area contributed by atoms with E-state index in [2.05, 4.69) is 29.3 Å². The van der Waals surface area contributed by atoms with Gasteiger partial charge in [0, 0.05) is 5.69 Å². The Kier molecular flexibility index (Phi) is 1.10. The molecular formula is C9H9N. The van der Waals surface area contributed by atoms with E-state index in [1.807, 2.05) is 6.92 Å². The molecule has 0 fully saturated rings. The Morgan fingerprint density at radius 3 is 3.20 bits per heavy atom. The lowest BCUT2D eigenvalue weighted by atomic mass is 10.2. The number of nitrogens with zero attached hydrogens (tertiary/aromatic N) is 1. The van der Waals surface area contributed by atoms with Gasteiger partial charge in [-0.05, 0) is 31.1 Å². The zero-order chi connectivity index (χ0) is 6.97. The first kappa shape index (κ1) is 5.66. The maximum atomic E-state index is 4.37. The minimum atomic E-state index is 1.06. The molecule has 0 atom stereocenters. The molecule has 0 spiro atoms. The van der Waals surface area contributed by atoms with Crippen LogP contribution in [0.3, 0.4) is 0 Å². The summed E-state index contributed by atoms with van der Waals surface area (Å²) < 4.78 is 0. The fraction of sp³-hybridized carbons (Fsp3) is 0.222. The molecule has 1 heterocycles. The van der Waals surface area contributed by atoms with Gasteiger partial charge < -0.3 is 0 Å². The molecule has 0 unspecified atom stereocenters. The second-order valence-electron chi connectivity index (χ2n) is 2.60. The topological polar surface area (TPSA) is 12.9 Å². The molecule has 50 valence electrons. The predicted octanol–water partition coefficient (Wildman–Crippen LogP) is 1.96. The van der Waals surface area contributed by atoms with Crippen LogP contribution in [0, 0.1) is 6.92 Å². The number of allylic oxidation sites excluding steroid dienone is 1. The Bertz CT molecular complexity index is 287. The molecule has 1 nitrogen and oxygen atoms in total. The summed E-state index contributed by atoms with van der Waals surface area (Å²) in [6.07, 6.45) is 5.29. The number of aromatic nitrogens is 1. The van der Waals surface area contributed by atoms with Crippen molar-refractivity contribution >= 4 is 6.08 Å². The molecule has 0 radical (unpaired) electrons. The van der Waals surface area contributed by atoms with Gasteiger partial charge in [0.1, 0.15) is 0 Å². The summed E-state index contributed by atoms with van der Waals surface area (Å²) in [5.41, 5.74) is 3.61. The highest BCUT2D eigenvalue weighted by Gasteiger charge is 2.04. The van der Waals surface area contributed by atoms with Crippen molar-refractivity contribution in [3.05, 3.63) is 35.2 Å². The van der Waals surface area contributed by atoms with E-state index < -0.39 is 0 Å². The second-order valence-corrected chi connectivity index (χ2v) is 2.60. The van der Waals surface area contributed by atoms with E-state index in [1.165, 1.54) is 5.56 Å². The molecule has 1 aliphatic rings. The van der Waals surface area contributed by atoms with E-state index in [4.69, 9.17) is 0 Å². The molecule has 0 aromatic carbocycles. The maximum absolute atomic E-state index is 4.37. The molecule has 0 saturated heterocycles. The lowest BCUT2D eigenvalue weighted by molar-refractivity contribution is 1.14. The number of aryl methyl sites for hydroxylation is 1. The van der Waals surface area contributed by atoms with Crippen LogP contribution in [0.4, 0.5) is 0 Å². The standard InChI is InChI=1S/C9H9N/c1-7-5-6-8-3-2-4-9(8)10-7/h2,4-6H,3H2,1H3. The van der Waals surface area contributed by atoms with Gasteiger partial charge in [-0.25, -0.2) is 0 Å². The molecule has 0 aliphatic heterocycles. The lowest BCUT2D eigenvalue weighted by Gasteiger charge is -1.96. The highest BCUT2D eigenvalue weighted by Crippen LogP contribution is 2.16. The summed E-state index contributed by atoms with van der Waals surface area (Å²) in [7, 11) is 0. The molecular weight excluding hydrogens is 122 g/mol. The van der Waals surface area contributed by atoms with Gasteiger partial charge in [0.05, 0.1) is 5.69 Å². The van der Waals surface area contributed by atoms with Crippen LogP contribution in [0.5, 0.6) is 0 Å². The molecule has 1 aromatic rings. The minimum Gasteiger partial charge on any atom is -0.253 e.